The topological polar surface area (TPSA) is 59.3 Å². The molecule has 0 spiro atoms. The number of sulfone groups is 1. The third-order valence-electron chi connectivity index (χ3n) is 2.91. The van der Waals surface area contributed by atoms with Crippen molar-refractivity contribution in [2.45, 2.75) is 32.4 Å². The Labute approximate surface area is 95.9 Å². The third kappa shape index (κ3) is 2.65. The van der Waals surface area contributed by atoms with Crippen LogP contribution in [0.4, 0.5) is 0 Å². The fraction of sp³-hybridized carbons (Fsp3) is 0.636. The van der Waals surface area contributed by atoms with Crippen LogP contribution in [-0.2, 0) is 9.84 Å². The van der Waals surface area contributed by atoms with Crippen LogP contribution in [0.5, 0.6) is 0 Å². The Bertz CT molecular complexity index is 463. The smallest absolute Gasteiger partial charge is 0.151 e. The second-order valence-corrected chi connectivity index (χ2v) is 6.67. The lowest BCUT2D eigenvalue weighted by molar-refractivity contribution is 0.390. The van der Waals surface area contributed by atoms with E-state index in [-0.39, 0.29) is 17.8 Å². The number of rotatable bonds is 3. The second kappa shape index (κ2) is 4.22. The van der Waals surface area contributed by atoms with Crippen molar-refractivity contribution >= 4 is 9.84 Å². The summed E-state index contributed by atoms with van der Waals surface area (Å²) >= 11 is 0. The second-order valence-electron chi connectivity index (χ2n) is 4.44. The summed E-state index contributed by atoms with van der Waals surface area (Å²) in [5.74, 6) is 2.29. The van der Waals surface area contributed by atoms with Crippen LogP contribution in [0.15, 0.2) is 16.5 Å². The maximum absolute atomic E-state index is 11.3. The van der Waals surface area contributed by atoms with E-state index in [1.54, 1.807) is 0 Å². The summed E-state index contributed by atoms with van der Waals surface area (Å²) in [4.78, 5) is 0. The van der Waals surface area contributed by atoms with Crippen molar-refractivity contribution in [2.75, 3.05) is 11.5 Å². The van der Waals surface area contributed by atoms with Crippen LogP contribution < -0.4 is 5.32 Å². The highest BCUT2D eigenvalue weighted by molar-refractivity contribution is 7.91. The summed E-state index contributed by atoms with van der Waals surface area (Å²) in [6.07, 6.45) is 0.701. The van der Waals surface area contributed by atoms with Crippen molar-refractivity contribution in [1.29, 1.82) is 0 Å². The van der Waals surface area contributed by atoms with Gasteiger partial charge in [-0.2, -0.15) is 0 Å². The fourth-order valence-electron chi connectivity index (χ4n) is 2.05. The van der Waals surface area contributed by atoms with Gasteiger partial charge in [0.15, 0.2) is 9.84 Å². The maximum atomic E-state index is 11.3. The lowest BCUT2D eigenvalue weighted by Crippen LogP contribution is -2.32. The van der Waals surface area contributed by atoms with Crippen LogP contribution in [0.25, 0.3) is 0 Å². The van der Waals surface area contributed by atoms with Gasteiger partial charge in [-0.25, -0.2) is 8.42 Å². The van der Waals surface area contributed by atoms with E-state index >= 15 is 0 Å². The molecule has 0 radical (unpaired) electrons. The zero-order valence-electron chi connectivity index (χ0n) is 9.56. The van der Waals surface area contributed by atoms with Crippen LogP contribution >= 0.6 is 0 Å². The summed E-state index contributed by atoms with van der Waals surface area (Å²) in [7, 11) is -2.81. The van der Waals surface area contributed by atoms with E-state index in [2.05, 4.69) is 5.32 Å². The van der Waals surface area contributed by atoms with Crippen LogP contribution in [0, 0.1) is 6.92 Å². The van der Waals surface area contributed by atoms with E-state index in [0.717, 1.165) is 11.5 Å². The first kappa shape index (κ1) is 11.7. The van der Waals surface area contributed by atoms with Gasteiger partial charge in [0.1, 0.15) is 11.5 Å². The molecule has 90 valence electrons. The first-order valence-corrected chi connectivity index (χ1v) is 7.31. The lowest BCUT2D eigenvalue weighted by atomic mass is 10.2. The van der Waals surface area contributed by atoms with Gasteiger partial charge in [0.25, 0.3) is 0 Å². The van der Waals surface area contributed by atoms with Gasteiger partial charge in [-0.3, -0.25) is 0 Å². The SMILES string of the molecule is Cc1ccc(C(C)NC2CCS(=O)(=O)C2)o1. The van der Waals surface area contributed by atoms with Crippen molar-refractivity contribution in [1.82, 2.24) is 5.32 Å². The number of hydrogen-bond acceptors (Lipinski definition) is 4. The van der Waals surface area contributed by atoms with E-state index in [1.165, 1.54) is 0 Å². The Hall–Kier alpha value is -0.810. The quantitative estimate of drug-likeness (QED) is 0.872. The molecule has 0 bridgehead atoms. The molecule has 1 saturated heterocycles. The molecule has 2 heterocycles. The molecule has 0 saturated carbocycles. The Kier molecular flexibility index (Phi) is 3.08. The molecule has 2 unspecified atom stereocenters. The molecule has 1 aliphatic heterocycles. The van der Waals surface area contributed by atoms with Gasteiger partial charge in [-0.1, -0.05) is 0 Å². The van der Waals surface area contributed by atoms with E-state index < -0.39 is 9.84 Å². The first-order chi connectivity index (χ1) is 7.46. The molecule has 0 amide bonds. The van der Waals surface area contributed by atoms with Gasteiger partial charge in [0, 0.05) is 6.04 Å². The largest absolute Gasteiger partial charge is 0.465 e. The minimum absolute atomic E-state index is 0.0606. The van der Waals surface area contributed by atoms with E-state index in [1.807, 2.05) is 26.0 Å². The summed E-state index contributed by atoms with van der Waals surface area (Å²) in [5.41, 5.74) is 0. The highest BCUT2D eigenvalue weighted by atomic mass is 32.2. The molecule has 5 heteroatoms. The predicted octanol–water partition coefficient (Wildman–Crippen LogP) is 1.43. The van der Waals surface area contributed by atoms with Crippen molar-refractivity contribution in [3.8, 4) is 0 Å². The number of hydrogen-bond donors (Lipinski definition) is 1. The van der Waals surface area contributed by atoms with Gasteiger partial charge in [0.2, 0.25) is 0 Å². The maximum Gasteiger partial charge on any atom is 0.151 e. The zero-order chi connectivity index (χ0) is 11.8. The molecule has 4 nitrogen and oxygen atoms in total. The summed E-state index contributed by atoms with van der Waals surface area (Å²) in [5, 5.41) is 3.29. The first-order valence-electron chi connectivity index (χ1n) is 5.49. The highest BCUT2D eigenvalue weighted by Gasteiger charge is 2.29. The van der Waals surface area contributed by atoms with Crippen molar-refractivity contribution in [3.63, 3.8) is 0 Å². The molecule has 1 aromatic heterocycles. The average Bonchev–Trinajstić information content (AvgIpc) is 2.73. The molecule has 1 aromatic rings. The molecule has 2 atom stereocenters. The standard InChI is InChI=1S/C11H17NO3S/c1-8-3-4-11(15-8)9(2)12-10-5-6-16(13,14)7-10/h3-4,9-10,12H,5-7H2,1-2H3. The van der Waals surface area contributed by atoms with Crippen LogP contribution in [0.1, 0.15) is 30.9 Å². The van der Waals surface area contributed by atoms with Gasteiger partial charge in [-0.05, 0) is 32.4 Å². The van der Waals surface area contributed by atoms with Crippen molar-refractivity contribution in [3.05, 3.63) is 23.7 Å². The van der Waals surface area contributed by atoms with Crippen molar-refractivity contribution < 1.29 is 12.8 Å². The molecule has 0 aliphatic carbocycles. The van der Waals surface area contributed by atoms with Crippen LogP contribution in [-0.4, -0.2) is 26.0 Å². The van der Waals surface area contributed by atoms with Gasteiger partial charge < -0.3 is 9.73 Å². The van der Waals surface area contributed by atoms with E-state index in [9.17, 15) is 8.42 Å². The lowest BCUT2D eigenvalue weighted by Gasteiger charge is -2.16. The number of nitrogens with one attached hydrogen (secondary N) is 1. The summed E-state index contributed by atoms with van der Waals surface area (Å²) < 4.78 is 28.1. The minimum Gasteiger partial charge on any atom is -0.465 e. The monoisotopic (exact) mass is 243 g/mol. The van der Waals surface area contributed by atoms with Crippen LogP contribution in [0.3, 0.4) is 0 Å². The molecule has 2 rings (SSSR count). The van der Waals surface area contributed by atoms with Gasteiger partial charge >= 0.3 is 0 Å². The third-order valence-corrected chi connectivity index (χ3v) is 4.67. The van der Waals surface area contributed by atoms with Crippen LogP contribution in [0.2, 0.25) is 0 Å². The predicted molar refractivity (Wildman–Crippen MR) is 62.1 cm³/mol. The van der Waals surface area contributed by atoms with Gasteiger partial charge in [-0.15, -0.1) is 0 Å². The van der Waals surface area contributed by atoms with E-state index in [4.69, 9.17) is 4.42 Å². The Balaban J connectivity index is 1.96. The Morgan fingerprint density at radius 3 is 2.75 bits per heavy atom. The summed E-state index contributed by atoms with van der Waals surface area (Å²) in [6, 6.07) is 3.97. The average molecular weight is 243 g/mol. The van der Waals surface area contributed by atoms with Gasteiger partial charge in [0.05, 0.1) is 17.5 Å². The molecule has 16 heavy (non-hydrogen) atoms. The molecule has 1 fully saturated rings. The molecule has 1 aliphatic rings. The highest BCUT2D eigenvalue weighted by Crippen LogP contribution is 2.19. The fourth-order valence-corrected chi connectivity index (χ4v) is 3.73. The Morgan fingerprint density at radius 2 is 2.25 bits per heavy atom. The molecule has 1 N–H and O–H groups in total. The van der Waals surface area contributed by atoms with Crippen molar-refractivity contribution in [2.24, 2.45) is 0 Å². The molecular formula is C11H17NO3S. The van der Waals surface area contributed by atoms with E-state index in [0.29, 0.717) is 12.2 Å². The zero-order valence-corrected chi connectivity index (χ0v) is 10.4. The normalized spacial score (nSPS) is 25.8. The number of aryl methyl sites for hydroxylation is 1. The summed E-state index contributed by atoms with van der Waals surface area (Å²) in [6.45, 7) is 3.89. The number of furan rings is 1. The molecule has 0 aromatic carbocycles. The molecular weight excluding hydrogens is 226 g/mol. The Morgan fingerprint density at radius 1 is 1.50 bits per heavy atom. The minimum atomic E-state index is -2.81.